The Morgan fingerprint density at radius 2 is 2.24 bits per heavy atom. The van der Waals surface area contributed by atoms with E-state index in [0.717, 1.165) is 18.5 Å². The number of hydrazine groups is 1. The molecular formula is C12H17N3O2. The molecule has 92 valence electrons. The zero-order valence-electron chi connectivity index (χ0n) is 9.69. The van der Waals surface area contributed by atoms with Crippen molar-refractivity contribution in [3.63, 3.8) is 0 Å². The number of ether oxygens (including phenoxy) is 1. The highest BCUT2D eigenvalue weighted by atomic mass is 16.5. The van der Waals surface area contributed by atoms with Gasteiger partial charge in [-0.15, -0.1) is 0 Å². The number of pyridine rings is 1. The lowest BCUT2D eigenvalue weighted by molar-refractivity contribution is 0.0437. The molecule has 3 N–H and O–H groups in total. The summed E-state index contributed by atoms with van der Waals surface area (Å²) in [5.41, 5.74) is 3.14. The zero-order valence-corrected chi connectivity index (χ0v) is 9.69. The molecule has 1 aromatic rings. The van der Waals surface area contributed by atoms with Crippen LogP contribution in [-0.4, -0.2) is 17.0 Å². The SMILES string of the molecule is NNC(=O)c1cccc(COC2CCCC2)n1. The van der Waals surface area contributed by atoms with Crippen molar-refractivity contribution in [2.75, 3.05) is 0 Å². The van der Waals surface area contributed by atoms with Gasteiger partial charge in [-0.1, -0.05) is 18.9 Å². The van der Waals surface area contributed by atoms with Gasteiger partial charge in [0.2, 0.25) is 0 Å². The molecule has 0 radical (unpaired) electrons. The Kier molecular flexibility index (Phi) is 4.06. The van der Waals surface area contributed by atoms with Crippen molar-refractivity contribution < 1.29 is 9.53 Å². The van der Waals surface area contributed by atoms with Crippen LogP contribution in [0.2, 0.25) is 0 Å². The van der Waals surface area contributed by atoms with Crippen molar-refractivity contribution in [1.82, 2.24) is 10.4 Å². The summed E-state index contributed by atoms with van der Waals surface area (Å²) >= 11 is 0. The second-order valence-corrected chi connectivity index (χ2v) is 4.21. The Balaban J connectivity index is 1.93. The first-order chi connectivity index (χ1) is 8.29. The van der Waals surface area contributed by atoms with E-state index < -0.39 is 0 Å². The summed E-state index contributed by atoms with van der Waals surface area (Å²) < 4.78 is 5.73. The lowest BCUT2D eigenvalue weighted by Crippen LogP contribution is -2.30. The average Bonchev–Trinajstić information content (AvgIpc) is 2.89. The molecule has 0 aromatic carbocycles. The molecule has 5 heteroatoms. The Morgan fingerprint density at radius 3 is 2.94 bits per heavy atom. The van der Waals surface area contributed by atoms with Crippen LogP contribution >= 0.6 is 0 Å². The van der Waals surface area contributed by atoms with Gasteiger partial charge in [-0.25, -0.2) is 10.8 Å². The molecule has 1 aromatic heterocycles. The maximum Gasteiger partial charge on any atom is 0.283 e. The molecular weight excluding hydrogens is 218 g/mol. The number of nitrogens with two attached hydrogens (primary N) is 1. The van der Waals surface area contributed by atoms with E-state index in [-0.39, 0.29) is 5.91 Å². The smallest absolute Gasteiger partial charge is 0.283 e. The monoisotopic (exact) mass is 235 g/mol. The zero-order chi connectivity index (χ0) is 12.1. The van der Waals surface area contributed by atoms with Crippen molar-refractivity contribution in [2.24, 2.45) is 5.84 Å². The standard InChI is InChI=1S/C12H17N3O2/c13-15-12(16)11-7-3-4-9(14-11)8-17-10-5-1-2-6-10/h3-4,7,10H,1-2,5-6,8,13H2,(H,15,16). The first kappa shape index (κ1) is 12.0. The largest absolute Gasteiger partial charge is 0.372 e. The van der Waals surface area contributed by atoms with Gasteiger partial charge >= 0.3 is 0 Å². The van der Waals surface area contributed by atoms with Crippen LogP contribution in [0, 0.1) is 0 Å². The third kappa shape index (κ3) is 3.25. The normalized spacial score (nSPS) is 16.1. The minimum atomic E-state index is -0.382. The van der Waals surface area contributed by atoms with E-state index in [9.17, 15) is 4.79 Å². The van der Waals surface area contributed by atoms with Gasteiger partial charge in [0.15, 0.2) is 0 Å². The summed E-state index contributed by atoms with van der Waals surface area (Å²) in [7, 11) is 0. The molecule has 1 aliphatic carbocycles. The molecule has 0 atom stereocenters. The number of amides is 1. The molecule has 0 aliphatic heterocycles. The number of hydrogen-bond acceptors (Lipinski definition) is 4. The average molecular weight is 235 g/mol. The molecule has 0 saturated heterocycles. The summed E-state index contributed by atoms with van der Waals surface area (Å²) in [5.74, 6) is 4.68. The molecule has 0 bridgehead atoms. The second-order valence-electron chi connectivity index (χ2n) is 4.21. The quantitative estimate of drug-likeness (QED) is 0.466. The van der Waals surface area contributed by atoms with Crippen molar-refractivity contribution in [3.05, 3.63) is 29.6 Å². The van der Waals surface area contributed by atoms with E-state index in [1.165, 1.54) is 12.8 Å². The van der Waals surface area contributed by atoms with E-state index in [4.69, 9.17) is 10.6 Å². The van der Waals surface area contributed by atoms with Crippen molar-refractivity contribution in [2.45, 2.75) is 38.4 Å². The van der Waals surface area contributed by atoms with Gasteiger partial charge in [0.1, 0.15) is 5.69 Å². The number of hydrogen-bond donors (Lipinski definition) is 2. The highest BCUT2D eigenvalue weighted by Crippen LogP contribution is 2.21. The van der Waals surface area contributed by atoms with E-state index in [1.54, 1.807) is 12.1 Å². The van der Waals surface area contributed by atoms with E-state index >= 15 is 0 Å². The Morgan fingerprint density at radius 1 is 1.47 bits per heavy atom. The fourth-order valence-electron chi connectivity index (χ4n) is 2.02. The third-order valence-electron chi connectivity index (χ3n) is 2.94. The van der Waals surface area contributed by atoms with E-state index in [1.807, 2.05) is 6.07 Å². The molecule has 1 aliphatic rings. The molecule has 0 unspecified atom stereocenters. The number of nitrogens with zero attached hydrogens (tertiary/aromatic N) is 1. The van der Waals surface area contributed by atoms with Crippen LogP contribution in [0.4, 0.5) is 0 Å². The van der Waals surface area contributed by atoms with Gasteiger partial charge in [-0.2, -0.15) is 0 Å². The second kappa shape index (κ2) is 5.75. The van der Waals surface area contributed by atoms with Gasteiger partial charge < -0.3 is 4.74 Å². The number of rotatable bonds is 4. The van der Waals surface area contributed by atoms with Gasteiger partial charge in [0, 0.05) is 0 Å². The predicted octanol–water partition coefficient (Wildman–Crippen LogP) is 1.14. The van der Waals surface area contributed by atoms with Gasteiger partial charge in [0.05, 0.1) is 18.4 Å². The number of carbonyl (C=O) groups excluding carboxylic acids is 1. The molecule has 5 nitrogen and oxygen atoms in total. The molecule has 17 heavy (non-hydrogen) atoms. The van der Waals surface area contributed by atoms with E-state index in [2.05, 4.69) is 10.4 Å². The molecule has 1 fully saturated rings. The first-order valence-corrected chi connectivity index (χ1v) is 5.88. The van der Waals surface area contributed by atoms with Crippen molar-refractivity contribution in [1.29, 1.82) is 0 Å². The van der Waals surface area contributed by atoms with Crippen LogP contribution in [-0.2, 0) is 11.3 Å². The fourth-order valence-corrected chi connectivity index (χ4v) is 2.02. The third-order valence-corrected chi connectivity index (χ3v) is 2.94. The molecule has 2 rings (SSSR count). The summed E-state index contributed by atoms with van der Waals surface area (Å²) in [6.07, 6.45) is 5.09. The number of nitrogens with one attached hydrogen (secondary N) is 1. The molecule has 1 heterocycles. The van der Waals surface area contributed by atoms with Crippen LogP contribution in [0.3, 0.4) is 0 Å². The number of aromatic nitrogens is 1. The minimum absolute atomic E-state index is 0.319. The topological polar surface area (TPSA) is 77.2 Å². The van der Waals surface area contributed by atoms with Crippen LogP contribution in [0.1, 0.15) is 41.9 Å². The van der Waals surface area contributed by atoms with Gasteiger partial charge in [-0.05, 0) is 25.0 Å². The highest BCUT2D eigenvalue weighted by molar-refractivity contribution is 5.91. The summed E-state index contributed by atoms with van der Waals surface area (Å²) in [6, 6.07) is 5.26. The number of nitrogen functional groups attached to an aromatic ring is 1. The maximum atomic E-state index is 11.3. The molecule has 1 amide bonds. The molecule has 1 saturated carbocycles. The van der Waals surface area contributed by atoms with Gasteiger partial charge in [-0.3, -0.25) is 10.2 Å². The maximum absolute atomic E-state index is 11.3. The van der Waals surface area contributed by atoms with Crippen LogP contribution in [0.5, 0.6) is 0 Å². The lowest BCUT2D eigenvalue weighted by Gasteiger charge is -2.10. The van der Waals surface area contributed by atoms with Gasteiger partial charge in [0.25, 0.3) is 5.91 Å². The molecule has 0 spiro atoms. The highest BCUT2D eigenvalue weighted by Gasteiger charge is 2.15. The Hall–Kier alpha value is -1.46. The van der Waals surface area contributed by atoms with Crippen molar-refractivity contribution >= 4 is 5.91 Å². The lowest BCUT2D eigenvalue weighted by atomic mass is 10.3. The van der Waals surface area contributed by atoms with Crippen LogP contribution < -0.4 is 11.3 Å². The predicted molar refractivity (Wildman–Crippen MR) is 62.9 cm³/mol. The Bertz CT molecular complexity index is 389. The number of carbonyl (C=O) groups is 1. The van der Waals surface area contributed by atoms with Crippen LogP contribution in [0.25, 0.3) is 0 Å². The van der Waals surface area contributed by atoms with Crippen LogP contribution in [0.15, 0.2) is 18.2 Å². The summed E-state index contributed by atoms with van der Waals surface area (Å²) in [4.78, 5) is 15.5. The summed E-state index contributed by atoms with van der Waals surface area (Å²) in [6.45, 7) is 0.455. The van der Waals surface area contributed by atoms with E-state index in [0.29, 0.717) is 18.4 Å². The minimum Gasteiger partial charge on any atom is -0.372 e. The fraction of sp³-hybridized carbons (Fsp3) is 0.500. The summed E-state index contributed by atoms with van der Waals surface area (Å²) in [5, 5.41) is 0. The van der Waals surface area contributed by atoms with Crippen molar-refractivity contribution in [3.8, 4) is 0 Å². The Labute approximate surface area is 100 Å². The first-order valence-electron chi connectivity index (χ1n) is 5.88.